The molecular weight excluding hydrogens is 550 g/mol. The molecule has 12 heteroatoms. The maximum absolute atomic E-state index is 12.5. The van der Waals surface area contributed by atoms with Crippen LogP contribution >= 0.6 is 0 Å². The first-order chi connectivity index (χ1) is 20.5. The second-order valence-corrected chi connectivity index (χ2v) is 12.3. The summed E-state index contributed by atoms with van der Waals surface area (Å²) in [5.74, 6) is 1.49. The van der Waals surface area contributed by atoms with E-state index in [2.05, 4.69) is 41.3 Å². The summed E-state index contributed by atoms with van der Waals surface area (Å²) in [5.41, 5.74) is 1.92. The SMILES string of the molecule is CN[C@H](Cc1ccc(Nc2ncc3c(n2)N(c2cccc(N4C(=O)OC[C@@H]4C)n2)[C@H]2CC(C)(C)OC[C@@]32C)cc1)C(=O)O. The van der Waals surface area contributed by atoms with Gasteiger partial charge >= 0.3 is 12.1 Å². The highest BCUT2D eigenvalue weighted by molar-refractivity contribution is 5.89. The van der Waals surface area contributed by atoms with Gasteiger partial charge in [-0.05, 0) is 70.5 Å². The number of likely N-dealkylation sites (N-methyl/N-ethyl adjacent to an activating group) is 1. The Labute approximate surface area is 250 Å². The summed E-state index contributed by atoms with van der Waals surface area (Å²) in [4.78, 5) is 42.3. The average Bonchev–Trinajstić information content (AvgIpc) is 3.44. The van der Waals surface area contributed by atoms with Crippen LogP contribution in [0.25, 0.3) is 0 Å². The number of hydrogen-bond acceptors (Lipinski definition) is 10. The molecule has 3 aliphatic heterocycles. The number of cyclic esters (lactones) is 1. The van der Waals surface area contributed by atoms with Crippen LogP contribution in [0.5, 0.6) is 0 Å². The van der Waals surface area contributed by atoms with Gasteiger partial charge in [0.1, 0.15) is 30.1 Å². The molecule has 0 unspecified atom stereocenters. The number of pyridine rings is 1. The zero-order valence-electron chi connectivity index (χ0n) is 25.0. The second kappa shape index (κ2) is 10.8. The molecule has 0 radical (unpaired) electrons. The number of nitrogens with zero attached hydrogens (tertiary/aromatic N) is 5. The quantitative estimate of drug-likeness (QED) is 0.350. The van der Waals surface area contributed by atoms with Gasteiger partial charge in [-0.1, -0.05) is 25.1 Å². The fourth-order valence-corrected chi connectivity index (χ4v) is 6.18. The van der Waals surface area contributed by atoms with Crippen molar-refractivity contribution in [2.24, 2.45) is 0 Å². The van der Waals surface area contributed by atoms with Crippen LogP contribution in [0.4, 0.5) is 33.9 Å². The fourth-order valence-electron chi connectivity index (χ4n) is 6.18. The molecule has 4 atom stereocenters. The van der Waals surface area contributed by atoms with E-state index in [-0.39, 0.29) is 23.1 Å². The number of aliphatic carboxylic acids is 1. The van der Waals surface area contributed by atoms with Crippen LogP contribution in [0.1, 0.15) is 45.2 Å². The number of aromatic nitrogens is 3. The van der Waals surface area contributed by atoms with Crippen molar-refractivity contribution in [1.82, 2.24) is 20.3 Å². The molecule has 2 fully saturated rings. The second-order valence-electron chi connectivity index (χ2n) is 12.3. The number of carboxylic acid groups (broad SMARTS) is 1. The summed E-state index contributed by atoms with van der Waals surface area (Å²) >= 11 is 0. The standard InChI is InChI=1S/C31H37N7O5/c1-18-16-42-29(41)37(18)24-7-6-8-25(35-24)38-23-14-30(2,3)43-17-31(23,4)21-15-33-28(36-26(21)38)34-20-11-9-19(10-12-20)13-22(32-5)27(39)40/h6-12,15,18,22-23,32H,13-14,16-17H2,1-5H3,(H,39,40)(H,33,34,36)/t18-,22+,23-,31-/m0/s1. The lowest BCUT2D eigenvalue weighted by Gasteiger charge is -2.46. The average molecular weight is 588 g/mol. The molecule has 2 aromatic heterocycles. The first-order valence-electron chi connectivity index (χ1n) is 14.5. The van der Waals surface area contributed by atoms with Gasteiger partial charge in [0.05, 0.1) is 24.3 Å². The van der Waals surface area contributed by atoms with Crippen molar-refractivity contribution in [3.63, 3.8) is 0 Å². The van der Waals surface area contributed by atoms with E-state index >= 15 is 0 Å². The number of carbonyl (C=O) groups excluding carboxylic acids is 1. The predicted molar refractivity (Wildman–Crippen MR) is 161 cm³/mol. The van der Waals surface area contributed by atoms with E-state index in [4.69, 9.17) is 19.4 Å². The van der Waals surface area contributed by atoms with Crippen molar-refractivity contribution < 1.29 is 24.2 Å². The monoisotopic (exact) mass is 587 g/mol. The molecule has 226 valence electrons. The summed E-state index contributed by atoms with van der Waals surface area (Å²) in [6.45, 7) is 9.13. The van der Waals surface area contributed by atoms with Gasteiger partial charge in [-0.15, -0.1) is 0 Å². The Bertz CT molecular complexity index is 1550. The van der Waals surface area contributed by atoms with Gasteiger partial charge in [0.15, 0.2) is 0 Å². The number of hydrogen-bond donors (Lipinski definition) is 3. The van der Waals surface area contributed by atoms with Crippen molar-refractivity contribution in [2.75, 3.05) is 35.4 Å². The zero-order chi connectivity index (χ0) is 30.5. The van der Waals surface area contributed by atoms with Gasteiger partial charge in [0.2, 0.25) is 5.95 Å². The normalized spacial score (nSPS) is 24.7. The van der Waals surface area contributed by atoms with Crippen molar-refractivity contribution in [1.29, 1.82) is 0 Å². The Hall–Kier alpha value is -4.29. The number of anilines is 5. The lowest BCUT2D eigenvalue weighted by Crippen LogP contribution is -2.54. The van der Waals surface area contributed by atoms with Crippen molar-refractivity contribution >= 4 is 41.2 Å². The Balaban J connectivity index is 1.34. The van der Waals surface area contributed by atoms with Crippen LogP contribution in [-0.4, -0.2) is 76.1 Å². The maximum atomic E-state index is 12.5. The minimum absolute atomic E-state index is 0.00450. The van der Waals surface area contributed by atoms with E-state index in [1.54, 1.807) is 11.9 Å². The van der Waals surface area contributed by atoms with Crippen molar-refractivity contribution in [3.8, 4) is 0 Å². The van der Waals surface area contributed by atoms with Gasteiger partial charge in [-0.25, -0.2) is 14.8 Å². The summed E-state index contributed by atoms with van der Waals surface area (Å²) in [6, 6.07) is 12.4. The van der Waals surface area contributed by atoms with E-state index in [1.807, 2.05) is 55.6 Å². The predicted octanol–water partition coefficient (Wildman–Crippen LogP) is 4.15. The first kappa shape index (κ1) is 28.8. The van der Waals surface area contributed by atoms with Gasteiger partial charge in [-0.3, -0.25) is 9.69 Å². The number of ether oxygens (including phenoxy) is 2. The number of nitrogens with one attached hydrogen (secondary N) is 2. The van der Waals surface area contributed by atoms with E-state index < -0.39 is 18.1 Å². The zero-order valence-corrected chi connectivity index (χ0v) is 25.0. The van der Waals surface area contributed by atoms with Gasteiger partial charge in [0, 0.05) is 22.9 Å². The molecule has 0 bridgehead atoms. The summed E-state index contributed by atoms with van der Waals surface area (Å²) in [7, 11) is 1.64. The molecule has 6 rings (SSSR count). The number of carbonyl (C=O) groups is 2. The van der Waals surface area contributed by atoms with Crippen LogP contribution in [0.3, 0.4) is 0 Å². The Morgan fingerprint density at radius 2 is 1.84 bits per heavy atom. The third-order valence-corrected chi connectivity index (χ3v) is 8.70. The molecule has 3 N–H and O–H groups in total. The maximum Gasteiger partial charge on any atom is 0.415 e. The topological polar surface area (TPSA) is 142 Å². The summed E-state index contributed by atoms with van der Waals surface area (Å²) in [5, 5.41) is 15.5. The van der Waals surface area contributed by atoms with Crippen LogP contribution in [0.15, 0.2) is 48.7 Å². The summed E-state index contributed by atoms with van der Waals surface area (Å²) < 4.78 is 11.6. The number of benzene rings is 1. The Morgan fingerprint density at radius 1 is 1.12 bits per heavy atom. The first-order valence-corrected chi connectivity index (χ1v) is 14.5. The van der Waals surface area contributed by atoms with E-state index in [0.717, 1.165) is 29.1 Å². The number of fused-ring (bicyclic) bond motifs is 3. The van der Waals surface area contributed by atoms with Crippen LogP contribution < -0.4 is 20.4 Å². The molecular formula is C31H37N7O5. The highest BCUT2D eigenvalue weighted by Crippen LogP contribution is 2.53. The third kappa shape index (κ3) is 5.25. The largest absolute Gasteiger partial charge is 0.480 e. The van der Waals surface area contributed by atoms with Gasteiger partial charge in [-0.2, -0.15) is 4.98 Å². The molecule has 3 aliphatic rings. The smallest absolute Gasteiger partial charge is 0.415 e. The molecule has 12 nitrogen and oxygen atoms in total. The molecule has 0 saturated carbocycles. The highest BCUT2D eigenvalue weighted by Gasteiger charge is 2.55. The lowest BCUT2D eigenvalue weighted by atomic mass is 9.73. The van der Waals surface area contributed by atoms with Crippen molar-refractivity contribution in [3.05, 3.63) is 59.8 Å². The highest BCUT2D eigenvalue weighted by atomic mass is 16.6. The van der Waals surface area contributed by atoms with Gasteiger partial charge in [0.25, 0.3) is 0 Å². The van der Waals surface area contributed by atoms with Crippen LogP contribution in [0, 0.1) is 0 Å². The fraction of sp³-hybridized carbons (Fsp3) is 0.452. The minimum Gasteiger partial charge on any atom is -0.480 e. The van der Waals surface area contributed by atoms with E-state index in [0.29, 0.717) is 37.2 Å². The molecule has 0 spiro atoms. The summed E-state index contributed by atoms with van der Waals surface area (Å²) in [6.07, 6.45) is 2.57. The number of rotatable bonds is 8. The van der Waals surface area contributed by atoms with Crippen LogP contribution in [-0.2, 0) is 26.1 Å². The minimum atomic E-state index is -0.890. The van der Waals surface area contributed by atoms with E-state index in [1.165, 1.54) is 0 Å². The molecule has 5 heterocycles. The third-order valence-electron chi connectivity index (χ3n) is 8.70. The molecule has 1 aromatic carbocycles. The molecule has 0 aliphatic carbocycles. The van der Waals surface area contributed by atoms with Gasteiger partial charge < -0.3 is 30.1 Å². The molecule has 43 heavy (non-hydrogen) atoms. The Morgan fingerprint density at radius 3 is 2.49 bits per heavy atom. The van der Waals surface area contributed by atoms with E-state index in [9.17, 15) is 14.7 Å². The van der Waals surface area contributed by atoms with Crippen LogP contribution in [0.2, 0.25) is 0 Å². The Kier molecular flexibility index (Phi) is 7.21. The number of carboxylic acids is 1. The number of amides is 1. The molecule has 2 saturated heterocycles. The lowest BCUT2D eigenvalue weighted by molar-refractivity contribution is -0.139. The van der Waals surface area contributed by atoms with Crippen molar-refractivity contribution in [2.45, 2.75) is 69.7 Å². The molecule has 3 aromatic rings. The molecule has 1 amide bonds.